The topological polar surface area (TPSA) is 103 Å². The first-order chi connectivity index (χ1) is 18.0. The van der Waals surface area contributed by atoms with Gasteiger partial charge in [0.25, 0.3) is 5.91 Å². The van der Waals surface area contributed by atoms with Gasteiger partial charge in [0.15, 0.2) is 6.23 Å². The van der Waals surface area contributed by atoms with Gasteiger partial charge >= 0.3 is 0 Å². The number of hydrogen-bond acceptors (Lipinski definition) is 7. The molecule has 1 amide bonds. The smallest absolute Gasteiger partial charge is 0.257 e. The van der Waals surface area contributed by atoms with Crippen LogP contribution in [0.2, 0.25) is 5.02 Å². The summed E-state index contributed by atoms with van der Waals surface area (Å²) in [5, 5.41) is 21.5. The first-order valence-corrected chi connectivity index (χ1v) is 13.2. The van der Waals surface area contributed by atoms with Crippen LogP contribution in [-0.4, -0.2) is 63.2 Å². The molecule has 0 bridgehead atoms. The predicted octanol–water partition coefficient (Wildman–Crippen LogP) is 4.28. The molecule has 38 heavy (non-hydrogen) atoms. The molecule has 2 aromatic rings. The lowest BCUT2D eigenvalue weighted by Gasteiger charge is -2.45. The van der Waals surface area contributed by atoms with Crippen molar-refractivity contribution in [3.63, 3.8) is 0 Å². The fourth-order valence-electron chi connectivity index (χ4n) is 5.45. The molecule has 11 heteroatoms. The number of halogens is 3. The number of carbonyl (C=O) groups excluding carboxylic acids is 1. The largest absolute Gasteiger partial charge is 0.382 e. The van der Waals surface area contributed by atoms with E-state index in [2.05, 4.69) is 16.0 Å². The highest BCUT2D eigenvalue weighted by Gasteiger charge is 2.54. The Balaban J connectivity index is 1.53. The fraction of sp³-hybridized carbons (Fsp3) is 0.556. The van der Waals surface area contributed by atoms with E-state index in [1.54, 1.807) is 6.92 Å². The van der Waals surface area contributed by atoms with Gasteiger partial charge in [-0.1, -0.05) is 18.5 Å². The molecule has 1 unspecified atom stereocenters. The van der Waals surface area contributed by atoms with Crippen LogP contribution in [0.3, 0.4) is 0 Å². The first-order valence-electron chi connectivity index (χ1n) is 12.8. The van der Waals surface area contributed by atoms with Crippen LogP contribution in [0.25, 0.3) is 0 Å². The molecule has 1 aliphatic carbocycles. The molecule has 1 N–H and O–H groups in total. The molecule has 8 nitrogen and oxygen atoms in total. The predicted molar refractivity (Wildman–Crippen MR) is 134 cm³/mol. The molecular weight excluding hydrogens is 516 g/mol. The maximum Gasteiger partial charge on any atom is 0.257 e. The lowest BCUT2D eigenvalue weighted by molar-refractivity contribution is -0.136. The number of hydrogen-bond donors (Lipinski definition) is 1. The number of nitriles is 1. The van der Waals surface area contributed by atoms with Crippen molar-refractivity contribution in [1.29, 1.82) is 5.26 Å². The van der Waals surface area contributed by atoms with Crippen LogP contribution in [0.1, 0.15) is 72.6 Å². The summed E-state index contributed by atoms with van der Waals surface area (Å²) in [5.74, 6) is -1.06. The zero-order valence-corrected chi connectivity index (χ0v) is 22.1. The van der Waals surface area contributed by atoms with Crippen LogP contribution in [0.15, 0.2) is 24.5 Å². The molecule has 1 aromatic heterocycles. The first kappa shape index (κ1) is 26.9. The van der Waals surface area contributed by atoms with Crippen molar-refractivity contribution in [3.05, 3.63) is 57.9 Å². The Hall–Kier alpha value is -2.71. The van der Waals surface area contributed by atoms with Gasteiger partial charge in [-0.15, -0.1) is 0 Å². The number of nitrogens with zero attached hydrogens (tertiary/aromatic N) is 5. The summed E-state index contributed by atoms with van der Waals surface area (Å²) in [5.41, 5.74) is -4.60. The quantitative estimate of drug-likeness (QED) is 0.528. The van der Waals surface area contributed by atoms with Crippen molar-refractivity contribution >= 4 is 17.5 Å². The summed E-state index contributed by atoms with van der Waals surface area (Å²) < 4.78 is 38.1. The van der Waals surface area contributed by atoms with Crippen molar-refractivity contribution in [2.75, 3.05) is 26.7 Å². The maximum absolute atomic E-state index is 16.3. The van der Waals surface area contributed by atoms with Crippen LogP contribution in [-0.2, 0) is 16.9 Å². The Morgan fingerprint density at radius 1 is 1.26 bits per heavy atom. The number of rotatable bonds is 8. The van der Waals surface area contributed by atoms with Gasteiger partial charge in [-0.25, -0.2) is 18.7 Å². The number of fused-ring (bicyclic) bond motifs is 1. The number of likely N-dealkylation sites (tertiary alicyclic amines) is 1. The monoisotopic (exact) mass is 545 g/mol. The Morgan fingerprint density at radius 3 is 2.50 bits per heavy atom. The zero-order valence-electron chi connectivity index (χ0n) is 21.4. The van der Waals surface area contributed by atoms with E-state index in [0.29, 0.717) is 31.0 Å². The molecular formula is C27H30ClF2N5O3. The minimum absolute atomic E-state index is 0.00353. The third-order valence-electron chi connectivity index (χ3n) is 8.25. The second kappa shape index (κ2) is 9.79. The number of piperidine rings is 1. The molecule has 1 aromatic carbocycles. The lowest BCUT2D eigenvalue weighted by Crippen LogP contribution is -2.54. The van der Waals surface area contributed by atoms with Crippen molar-refractivity contribution in [3.8, 4) is 6.07 Å². The van der Waals surface area contributed by atoms with Crippen molar-refractivity contribution in [2.24, 2.45) is 5.41 Å². The van der Waals surface area contributed by atoms with Gasteiger partial charge in [-0.3, -0.25) is 4.79 Å². The van der Waals surface area contributed by atoms with Gasteiger partial charge < -0.3 is 19.6 Å². The Morgan fingerprint density at radius 2 is 1.92 bits per heavy atom. The number of carbonyl (C=O) groups is 1. The minimum Gasteiger partial charge on any atom is -0.382 e. The van der Waals surface area contributed by atoms with Crippen molar-refractivity contribution < 1.29 is 23.4 Å². The molecule has 2 fully saturated rings. The average molecular weight is 546 g/mol. The third kappa shape index (κ3) is 4.56. The zero-order chi connectivity index (χ0) is 27.3. The van der Waals surface area contributed by atoms with Gasteiger partial charge in [-0.05, 0) is 56.8 Å². The minimum atomic E-state index is -1.98. The van der Waals surface area contributed by atoms with Gasteiger partial charge in [0.2, 0.25) is 0 Å². The van der Waals surface area contributed by atoms with E-state index in [-0.39, 0.29) is 54.9 Å². The second-order valence-corrected chi connectivity index (χ2v) is 11.1. The number of aromatic nitrogens is 2. The Labute approximate surface area is 225 Å². The van der Waals surface area contributed by atoms with Gasteiger partial charge in [0.1, 0.15) is 22.9 Å². The van der Waals surface area contributed by atoms with Gasteiger partial charge in [0, 0.05) is 31.0 Å². The van der Waals surface area contributed by atoms with E-state index in [1.807, 2.05) is 11.9 Å². The fourth-order valence-corrected chi connectivity index (χ4v) is 5.54. The Bertz CT molecular complexity index is 1270. The molecule has 202 valence electrons. The third-order valence-corrected chi connectivity index (χ3v) is 8.45. The van der Waals surface area contributed by atoms with Crippen LogP contribution in [0.5, 0.6) is 0 Å². The molecule has 2 aliphatic heterocycles. The molecule has 1 saturated carbocycles. The van der Waals surface area contributed by atoms with Crippen LogP contribution < -0.4 is 0 Å². The summed E-state index contributed by atoms with van der Waals surface area (Å²) in [6.07, 6.45) is 3.16. The lowest BCUT2D eigenvalue weighted by atomic mass is 9.71. The van der Waals surface area contributed by atoms with Crippen LogP contribution in [0.4, 0.5) is 8.78 Å². The molecule has 2 atom stereocenters. The summed E-state index contributed by atoms with van der Waals surface area (Å²) in [7, 11) is 1.88. The van der Waals surface area contributed by atoms with E-state index in [0.717, 1.165) is 6.07 Å². The van der Waals surface area contributed by atoms with E-state index in [4.69, 9.17) is 16.3 Å². The highest BCUT2D eigenvalue weighted by atomic mass is 35.5. The van der Waals surface area contributed by atoms with Crippen molar-refractivity contribution in [2.45, 2.75) is 63.1 Å². The molecule has 0 spiro atoms. The van der Waals surface area contributed by atoms with Crippen molar-refractivity contribution in [1.82, 2.24) is 19.8 Å². The number of ether oxygens (including phenoxy) is 1. The SMILES string of the molecule is CCC(O)(c1cc(F)c2c(c1)C(=O)N(Cc1ncc(Cl)cn1)[C@@H]2OCC1(C#N)CC1)C1(F)CCN(C)CC1. The molecule has 1 saturated heterocycles. The standard InChI is InChI=1S/C27H30ClF2N5O3/c1-3-27(37,26(30)6-8-34(2)9-7-26)17-10-19-22(20(29)11-17)24(38-16-25(15-31)4-5-25)35(23(19)36)14-21-32-12-18(28)13-33-21/h10-13,24,37H,3-9,14,16H2,1-2H3/t24-,27?/m1/s1. The highest BCUT2D eigenvalue weighted by Crippen LogP contribution is 2.49. The van der Waals surface area contributed by atoms with E-state index < -0.39 is 34.6 Å². The van der Waals surface area contributed by atoms with Crippen LogP contribution >= 0.6 is 11.6 Å². The molecule has 3 aliphatic rings. The van der Waals surface area contributed by atoms with Gasteiger partial charge in [-0.2, -0.15) is 5.26 Å². The summed E-state index contributed by atoms with van der Waals surface area (Å²) in [4.78, 5) is 25.2. The summed E-state index contributed by atoms with van der Waals surface area (Å²) in [6, 6.07) is 4.74. The summed E-state index contributed by atoms with van der Waals surface area (Å²) >= 11 is 5.89. The Kier molecular flexibility index (Phi) is 6.93. The molecule has 5 rings (SSSR count). The number of alkyl halides is 1. The van der Waals surface area contributed by atoms with Crippen LogP contribution in [0, 0.1) is 22.6 Å². The highest BCUT2D eigenvalue weighted by molar-refractivity contribution is 6.30. The van der Waals surface area contributed by atoms with E-state index >= 15 is 8.78 Å². The van der Waals surface area contributed by atoms with E-state index in [1.165, 1.54) is 23.4 Å². The number of aliphatic hydroxyl groups is 1. The number of benzene rings is 1. The number of amides is 1. The maximum atomic E-state index is 16.3. The van der Waals surface area contributed by atoms with Gasteiger partial charge in [0.05, 0.1) is 35.2 Å². The average Bonchev–Trinajstić information content (AvgIpc) is 3.65. The second-order valence-electron chi connectivity index (χ2n) is 10.7. The molecule has 0 radical (unpaired) electrons. The summed E-state index contributed by atoms with van der Waals surface area (Å²) in [6.45, 7) is 2.49. The molecule has 3 heterocycles. The van der Waals surface area contributed by atoms with E-state index in [9.17, 15) is 15.2 Å². The normalized spacial score (nSPS) is 23.6.